The second kappa shape index (κ2) is 4.75. The van der Waals surface area contributed by atoms with Gasteiger partial charge in [-0.15, -0.1) is 0 Å². The molecule has 1 fully saturated rings. The van der Waals surface area contributed by atoms with Crippen molar-refractivity contribution in [3.05, 3.63) is 27.7 Å². The van der Waals surface area contributed by atoms with E-state index in [4.69, 9.17) is 28.9 Å². The average Bonchev–Trinajstić information content (AvgIpc) is 3.10. The average molecular weight is 273 g/mol. The third-order valence-corrected chi connectivity index (χ3v) is 3.71. The molecule has 0 aromatic heterocycles. The quantitative estimate of drug-likeness (QED) is 0.859. The number of nitrogens with two attached hydrogens (primary N) is 1. The number of benzene rings is 1. The highest BCUT2D eigenvalue weighted by atomic mass is 35.5. The summed E-state index contributed by atoms with van der Waals surface area (Å²) in [7, 11) is 0. The Hall–Kier alpha value is -0.930. The third-order valence-electron chi connectivity index (χ3n) is 2.89. The Kier molecular flexibility index (Phi) is 3.50. The molecule has 17 heavy (non-hydrogen) atoms. The monoisotopic (exact) mass is 272 g/mol. The molecular formula is C12H14Cl2N2O. The van der Waals surface area contributed by atoms with Gasteiger partial charge in [0.05, 0.1) is 15.7 Å². The maximum absolute atomic E-state index is 12.2. The van der Waals surface area contributed by atoms with Gasteiger partial charge < -0.3 is 10.6 Å². The topological polar surface area (TPSA) is 46.3 Å². The largest absolute Gasteiger partial charge is 0.397 e. The van der Waals surface area contributed by atoms with E-state index in [2.05, 4.69) is 0 Å². The fraction of sp³-hybridized carbons (Fsp3) is 0.417. The molecule has 1 aromatic carbocycles. The number of rotatable bonds is 3. The second-order valence-corrected chi connectivity index (χ2v) is 4.97. The first-order valence-electron chi connectivity index (χ1n) is 5.60. The Labute approximate surface area is 110 Å². The Bertz CT molecular complexity index is 435. The van der Waals surface area contributed by atoms with E-state index in [-0.39, 0.29) is 5.91 Å². The van der Waals surface area contributed by atoms with Crippen molar-refractivity contribution in [2.75, 3.05) is 12.3 Å². The summed E-state index contributed by atoms with van der Waals surface area (Å²) in [4.78, 5) is 14.1. The van der Waals surface area contributed by atoms with Gasteiger partial charge in [-0.05, 0) is 31.9 Å². The van der Waals surface area contributed by atoms with Gasteiger partial charge in [0.15, 0.2) is 0 Å². The van der Waals surface area contributed by atoms with Crippen molar-refractivity contribution in [2.24, 2.45) is 0 Å². The summed E-state index contributed by atoms with van der Waals surface area (Å²) >= 11 is 11.8. The van der Waals surface area contributed by atoms with Crippen LogP contribution in [-0.4, -0.2) is 23.4 Å². The fourth-order valence-electron chi connectivity index (χ4n) is 1.85. The number of anilines is 1. The minimum atomic E-state index is -0.0275. The van der Waals surface area contributed by atoms with Crippen LogP contribution >= 0.6 is 23.2 Å². The minimum absolute atomic E-state index is 0.0275. The normalized spacial score (nSPS) is 14.8. The molecule has 1 aromatic rings. The zero-order valence-corrected chi connectivity index (χ0v) is 11.1. The van der Waals surface area contributed by atoms with E-state index in [1.165, 1.54) is 0 Å². The molecule has 5 heteroatoms. The first-order valence-corrected chi connectivity index (χ1v) is 6.35. The van der Waals surface area contributed by atoms with Crippen molar-refractivity contribution in [3.63, 3.8) is 0 Å². The van der Waals surface area contributed by atoms with Gasteiger partial charge in [-0.1, -0.05) is 23.2 Å². The molecule has 0 saturated heterocycles. The molecule has 0 aliphatic heterocycles. The van der Waals surface area contributed by atoms with Crippen LogP contribution in [0.15, 0.2) is 12.1 Å². The number of amides is 1. The molecular weight excluding hydrogens is 259 g/mol. The number of nitrogen functional groups attached to an aromatic ring is 1. The maximum Gasteiger partial charge on any atom is 0.254 e. The molecule has 2 N–H and O–H groups in total. The lowest BCUT2D eigenvalue weighted by Gasteiger charge is -2.20. The van der Waals surface area contributed by atoms with Crippen molar-refractivity contribution in [3.8, 4) is 0 Å². The van der Waals surface area contributed by atoms with Crippen molar-refractivity contribution in [2.45, 2.75) is 25.8 Å². The molecule has 0 spiro atoms. The van der Waals surface area contributed by atoms with Crippen LogP contribution in [0.4, 0.5) is 5.69 Å². The van der Waals surface area contributed by atoms with Crippen molar-refractivity contribution < 1.29 is 4.79 Å². The van der Waals surface area contributed by atoms with E-state index < -0.39 is 0 Å². The molecule has 0 atom stereocenters. The summed E-state index contributed by atoms with van der Waals surface area (Å²) in [5, 5.41) is 0.625. The summed E-state index contributed by atoms with van der Waals surface area (Å²) in [6, 6.07) is 3.54. The fourth-order valence-corrected chi connectivity index (χ4v) is 2.19. The predicted octanol–water partition coefficient (Wildman–Crippen LogP) is 3.20. The van der Waals surface area contributed by atoms with E-state index in [1.807, 2.05) is 11.8 Å². The van der Waals surface area contributed by atoms with E-state index in [0.717, 1.165) is 12.8 Å². The number of carbonyl (C=O) groups excluding carboxylic acids is 1. The lowest BCUT2D eigenvalue weighted by molar-refractivity contribution is 0.0752. The summed E-state index contributed by atoms with van der Waals surface area (Å²) in [6.45, 7) is 2.67. The summed E-state index contributed by atoms with van der Waals surface area (Å²) in [5.74, 6) is -0.0275. The smallest absolute Gasteiger partial charge is 0.254 e. The Morgan fingerprint density at radius 3 is 2.59 bits per heavy atom. The van der Waals surface area contributed by atoms with Crippen molar-refractivity contribution in [1.29, 1.82) is 0 Å². The van der Waals surface area contributed by atoms with E-state index in [1.54, 1.807) is 12.1 Å². The first kappa shape index (κ1) is 12.5. The van der Waals surface area contributed by atoms with Crippen molar-refractivity contribution in [1.82, 2.24) is 4.90 Å². The third kappa shape index (κ3) is 2.50. The SMILES string of the molecule is CCN(C(=O)c1cc(N)c(Cl)c(Cl)c1)C1CC1. The summed E-state index contributed by atoms with van der Waals surface area (Å²) < 4.78 is 0. The van der Waals surface area contributed by atoms with E-state index in [9.17, 15) is 4.79 Å². The highest BCUT2D eigenvalue weighted by Gasteiger charge is 2.32. The zero-order valence-electron chi connectivity index (χ0n) is 9.54. The van der Waals surface area contributed by atoms with Gasteiger partial charge in [0, 0.05) is 18.2 Å². The highest BCUT2D eigenvalue weighted by molar-refractivity contribution is 6.43. The van der Waals surface area contributed by atoms with Crippen LogP contribution in [0.3, 0.4) is 0 Å². The summed E-state index contributed by atoms with van der Waals surface area (Å²) in [5.41, 5.74) is 6.55. The van der Waals surface area contributed by atoms with Crippen LogP contribution in [-0.2, 0) is 0 Å². The predicted molar refractivity (Wildman–Crippen MR) is 70.6 cm³/mol. The Morgan fingerprint density at radius 2 is 2.12 bits per heavy atom. The van der Waals surface area contributed by atoms with Crippen LogP contribution in [0.1, 0.15) is 30.1 Å². The molecule has 0 radical (unpaired) electrons. The van der Waals surface area contributed by atoms with Gasteiger partial charge in [-0.3, -0.25) is 4.79 Å². The first-order chi connectivity index (χ1) is 8.04. The molecule has 1 aliphatic rings. The summed E-state index contributed by atoms with van der Waals surface area (Å²) in [6.07, 6.45) is 2.16. The maximum atomic E-state index is 12.2. The zero-order chi connectivity index (χ0) is 12.6. The molecule has 1 saturated carbocycles. The van der Waals surface area contributed by atoms with Crippen LogP contribution in [0.5, 0.6) is 0 Å². The number of carbonyl (C=O) groups is 1. The van der Waals surface area contributed by atoms with Crippen LogP contribution in [0.25, 0.3) is 0 Å². The minimum Gasteiger partial charge on any atom is -0.397 e. The molecule has 1 amide bonds. The van der Waals surface area contributed by atoms with Gasteiger partial charge in [-0.2, -0.15) is 0 Å². The van der Waals surface area contributed by atoms with Crippen LogP contribution in [0, 0.1) is 0 Å². The Morgan fingerprint density at radius 1 is 1.47 bits per heavy atom. The number of hydrogen-bond acceptors (Lipinski definition) is 2. The molecule has 0 unspecified atom stereocenters. The van der Waals surface area contributed by atoms with Crippen LogP contribution < -0.4 is 5.73 Å². The molecule has 0 bridgehead atoms. The highest BCUT2D eigenvalue weighted by Crippen LogP contribution is 2.32. The van der Waals surface area contributed by atoms with Gasteiger partial charge in [0.25, 0.3) is 5.91 Å². The van der Waals surface area contributed by atoms with E-state index >= 15 is 0 Å². The molecule has 0 heterocycles. The van der Waals surface area contributed by atoms with Gasteiger partial charge in [0.2, 0.25) is 0 Å². The number of hydrogen-bond donors (Lipinski definition) is 1. The standard InChI is InChI=1S/C12H14Cl2N2O/c1-2-16(8-3-4-8)12(17)7-5-9(13)11(14)10(15)6-7/h5-6,8H,2-4,15H2,1H3. The van der Waals surface area contributed by atoms with Gasteiger partial charge >= 0.3 is 0 Å². The van der Waals surface area contributed by atoms with Crippen molar-refractivity contribution >= 4 is 34.8 Å². The lowest BCUT2D eigenvalue weighted by atomic mass is 10.1. The Balaban J connectivity index is 2.30. The lowest BCUT2D eigenvalue weighted by Crippen LogP contribution is -2.32. The van der Waals surface area contributed by atoms with Gasteiger partial charge in [0.1, 0.15) is 0 Å². The van der Waals surface area contributed by atoms with Crippen LogP contribution in [0.2, 0.25) is 10.0 Å². The molecule has 92 valence electrons. The number of nitrogens with zero attached hydrogens (tertiary/aromatic N) is 1. The second-order valence-electron chi connectivity index (χ2n) is 4.18. The molecule has 3 nitrogen and oxygen atoms in total. The molecule has 2 rings (SSSR count). The number of halogens is 2. The van der Waals surface area contributed by atoms with E-state index in [0.29, 0.717) is 33.9 Å². The molecule has 1 aliphatic carbocycles. The van der Waals surface area contributed by atoms with Gasteiger partial charge in [-0.25, -0.2) is 0 Å².